The van der Waals surface area contributed by atoms with E-state index in [1.165, 1.54) is 48.9 Å². The van der Waals surface area contributed by atoms with Gasteiger partial charge in [0.1, 0.15) is 0 Å². The Hall–Kier alpha value is -3.16. The van der Waals surface area contributed by atoms with E-state index in [9.17, 15) is 0 Å². The molecule has 0 bridgehead atoms. The van der Waals surface area contributed by atoms with E-state index in [2.05, 4.69) is 87.9 Å². The van der Waals surface area contributed by atoms with Crippen LogP contribution in [0.3, 0.4) is 0 Å². The lowest BCUT2D eigenvalue weighted by atomic mass is 9.91. The van der Waals surface area contributed by atoms with Crippen LogP contribution in [-0.2, 0) is 6.54 Å². The first-order valence-corrected chi connectivity index (χ1v) is 14.2. The van der Waals surface area contributed by atoms with Crippen molar-refractivity contribution in [2.75, 3.05) is 17.2 Å². The number of aromatic nitrogens is 4. The zero-order chi connectivity index (χ0) is 25.9. The van der Waals surface area contributed by atoms with Gasteiger partial charge in [-0.2, -0.15) is 9.97 Å². The highest BCUT2D eigenvalue weighted by atomic mass is 35.5. The summed E-state index contributed by atoms with van der Waals surface area (Å²) >= 11 is 0. The third-order valence-corrected chi connectivity index (χ3v) is 7.95. The minimum absolute atomic E-state index is 0. The molecule has 0 aliphatic heterocycles. The maximum atomic E-state index is 4.92. The molecule has 3 N–H and O–H groups in total. The summed E-state index contributed by atoms with van der Waals surface area (Å²) in [5, 5.41) is 11.0. The number of rotatable bonds is 10. The Balaban J connectivity index is 0.00000308. The van der Waals surface area contributed by atoms with Crippen molar-refractivity contribution in [3.05, 3.63) is 66.5 Å². The summed E-state index contributed by atoms with van der Waals surface area (Å²) in [5.74, 6) is 2.41. The van der Waals surface area contributed by atoms with Gasteiger partial charge in [0.05, 0.1) is 6.33 Å². The van der Waals surface area contributed by atoms with Gasteiger partial charge in [-0.25, -0.2) is 4.98 Å². The molecule has 0 unspecified atom stereocenters. The molecule has 0 atom stereocenters. The zero-order valence-corrected chi connectivity index (χ0v) is 23.8. The standard InChI is InChI=1S/C31H39N7.ClH/c1-21(2)38-20-34-28-29(33-19-23-10-12-25(13-11-23)24-6-4-3-5-7-24)36-31(37-30(28)38)35-27-16-14-26(15-17-27)32-18-22-8-9-22;/h3-7,10-13,20-22,26-27,32H,8-9,14-19H2,1-2H3,(H2,33,35,36,37);1H. The van der Waals surface area contributed by atoms with Crippen molar-refractivity contribution in [2.45, 2.75) is 77.0 Å². The fourth-order valence-electron chi connectivity index (χ4n) is 5.39. The van der Waals surface area contributed by atoms with Crippen molar-refractivity contribution in [3.8, 4) is 11.1 Å². The van der Waals surface area contributed by atoms with Crippen molar-refractivity contribution < 1.29 is 0 Å². The van der Waals surface area contributed by atoms with Crippen molar-refractivity contribution in [1.29, 1.82) is 0 Å². The van der Waals surface area contributed by atoms with Crippen LogP contribution in [0, 0.1) is 5.92 Å². The first-order chi connectivity index (χ1) is 18.6. The predicted octanol–water partition coefficient (Wildman–Crippen LogP) is 6.83. The Labute approximate surface area is 237 Å². The van der Waals surface area contributed by atoms with Gasteiger partial charge in [-0.1, -0.05) is 54.6 Å². The van der Waals surface area contributed by atoms with Crippen LogP contribution in [-0.4, -0.2) is 38.1 Å². The molecule has 2 aliphatic carbocycles. The highest BCUT2D eigenvalue weighted by Gasteiger charge is 2.26. The van der Waals surface area contributed by atoms with E-state index in [4.69, 9.17) is 9.97 Å². The molecule has 0 amide bonds. The molecule has 2 fully saturated rings. The fraction of sp³-hybridized carbons (Fsp3) is 0.452. The van der Waals surface area contributed by atoms with Crippen LogP contribution in [0.15, 0.2) is 60.9 Å². The number of hydrogen-bond acceptors (Lipinski definition) is 6. The molecule has 7 nitrogen and oxygen atoms in total. The summed E-state index contributed by atoms with van der Waals surface area (Å²) in [6.07, 6.45) is 9.40. The van der Waals surface area contributed by atoms with Gasteiger partial charge in [0.25, 0.3) is 0 Å². The number of nitrogens with zero attached hydrogens (tertiary/aromatic N) is 4. The largest absolute Gasteiger partial charge is 0.364 e. The highest BCUT2D eigenvalue weighted by Crippen LogP contribution is 2.30. The van der Waals surface area contributed by atoms with E-state index in [-0.39, 0.29) is 18.4 Å². The molecule has 206 valence electrons. The lowest BCUT2D eigenvalue weighted by molar-refractivity contribution is 0.350. The van der Waals surface area contributed by atoms with Crippen LogP contribution in [0.2, 0.25) is 0 Å². The number of fused-ring (bicyclic) bond motifs is 1. The molecule has 39 heavy (non-hydrogen) atoms. The predicted molar refractivity (Wildman–Crippen MR) is 163 cm³/mol. The van der Waals surface area contributed by atoms with Crippen LogP contribution in [0.25, 0.3) is 22.3 Å². The summed E-state index contributed by atoms with van der Waals surface area (Å²) in [7, 11) is 0. The normalized spacial score (nSPS) is 19.2. The molecule has 2 aliphatic rings. The maximum absolute atomic E-state index is 4.92. The number of hydrogen-bond donors (Lipinski definition) is 3. The van der Waals surface area contributed by atoms with Crippen LogP contribution < -0.4 is 16.0 Å². The summed E-state index contributed by atoms with van der Waals surface area (Å²) < 4.78 is 2.13. The second kappa shape index (κ2) is 12.3. The Kier molecular flexibility index (Phi) is 8.68. The average Bonchev–Trinajstić information content (AvgIpc) is 3.68. The average molecular weight is 546 g/mol. The quantitative estimate of drug-likeness (QED) is 0.203. The van der Waals surface area contributed by atoms with E-state index >= 15 is 0 Å². The molecule has 2 aromatic heterocycles. The van der Waals surface area contributed by atoms with Gasteiger partial charge in [0.2, 0.25) is 5.95 Å². The van der Waals surface area contributed by atoms with Crippen LogP contribution in [0.1, 0.15) is 64.0 Å². The monoisotopic (exact) mass is 545 g/mol. The maximum Gasteiger partial charge on any atom is 0.227 e. The summed E-state index contributed by atoms with van der Waals surface area (Å²) in [5.41, 5.74) is 5.34. The summed E-state index contributed by atoms with van der Waals surface area (Å²) in [6, 6.07) is 20.5. The fourth-order valence-corrected chi connectivity index (χ4v) is 5.39. The van der Waals surface area contributed by atoms with E-state index in [0.29, 0.717) is 24.6 Å². The third kappa shape index (κ3) is 6.71. The molecule has 6 rings (SSSR count). The Bertz CT molecular complexity index is 1340. The second-order valence-corrected chi connectivity index (χ2v) is 11.3. The van der Waals surface area contributed by atoms with Crippen LogP contribution >= 0.6 is 12.4 Å². The van der Waals surface area contributed by atoms with E-state index in [1.54, 1.807) is 0 Å². The van der Waals surface area contributed by atoms with Gasteiger partial charge in [-0.05, 0) is 81.5 Å². The number of nitrogens with one attached hydrogen (secondary N) is 3. The first kappa shape index (κ1) is 27.4. The Morgan fingerprint density at radius 2 is 1.54 bits per heavy atom. The SMILES string of the molecule is CC(C)n1cnc2c(NCc3ccc(-c4ccccc4)cc3)nc(NC3CCC(NCC4CC4)CC3)nc21.Cl. The highest BCUT2D eigenvalue weighted by molar-refractivity contribution is 5.85. The number of halogens is 1. The van der Waals surface area contributed by atoms with Crippen molar-refractivity contribution in [3.63, 3.8) is 0 Å². The van der Waals surface area contributed by atoms with E-state index in [0.717, 1.165) is 35.7 Å². The van der Waals surface area contributed by atoms with Gasteiger partial charge in [-0.3, -0.25) is 0 Å². The van der Waals surface area contributed by atoms with Gasteiger partial charge < -0.3 is 20.5 Å². The molecule has 0 saturated heterocycles. The molecule has 8 heteroatoms. The molecule has 2 heterocycles. The van der Waals surface area contributed by atoms with Gasteiger partial charge >= 0.3 is 0 Å². The smallest absolute Gasteiger partial charge is 0.227 e. The van der Waals surface area contributed by atoms with Crippen molar-refractivity contribution in [2.24, 2.45) is 5.92 Å². The molecule has 0 spiro atoms. The number of anilines is 2. The molecular formula is C31H40ClN7. The molecular weight excluding hydrogens is 506 g/mol. The Morgan fingerprint density at radius 3 is 2.23 bits per heavy atom. The van der Waals surface area contributed by atoms with E-state index < -0.39 is 0 Å². The third-order valence-electron chi connectivity index (χ3n) is 7.95. The number of benzene rings is 2. The zero-order valence-electron chi connectivity index (χ0n) is 22.9. The summed E-state index contributed by atoms with van der Waals surface area (Å²) in [6.45, 7) is 6.19. The summed E-state index contributed by atoms with van der Waals surface area (Å²) in [4.78, 5) is 14.5. The molecule has 4 aromatic rings. The molecule has 0 radical (unpaired) electrons. The number of imidazole rings is 1. The van der Waals surface area contributed by atoms with Crippen molar-refractivity contribution in [1.82, 2.24) is 24.8 Å². The second-order valence-electron chi connectivity index (χ2n) is 11.3. The van der Waals surface area contributed by atoms with Gasteiger partial charge in [-0.15, -0.1) is 12.4 Å². The van der Waals surface area contributed by atoms with Crippen LogP contribution in [0.4, 0.5) is 11.8 Å². The van der Waals surface area contributed by atoms with Crippen LogP contribution in [0.5, 0.6) is 0 Å². The van der Waals surface area contributed by atoms with Crippen molar-refractivity contribution >= 4 is 35.3 Å². The lowest BCUT2D eigenvalue weighted by Gasteiger charge is -2.30. The van der Waals surface area contributed by atoms with E-state index in [1.807, 2.05) is 12.4 Å². The first-order valence-electron chi connectivity index (χ1n) is 14.2. The lowest BCUT2D eigenvalue weighted by Crippen LogP contribution is -2.38. The van der Waals surface area contributed by atoms with Gasteiger partial charge in [0, 0.05) is 24.7 Å². The minimum atomic E-state index is 0. The molecule has 2 saturated carbocycles. The minimum Gasteiger partial charge on any atom is -0.364 e. The molecule has 2 aromatic carbocycles. The van der Waals surface area contributed by atoms with Gasteiger partial charge in [0.15, 0.2) is 17.0 Å². The Morgan fingerprint density at radius 1 is 0.846 bits per heavy atom. The topological polar surface area (TPSA) is 79.7 Å².